The lowest BCUT2D eigenvalue weighted by Gasteiger charge is -2.05. The van der Waals surface area contributed by atoms with Crippen LogP contribution in [0.1, 0.15) is 25.3 Å². The van der Waals surface area contributed by atoms with E-state index in [-0.39, 0.29) is 0 Å². The number of hydrogen-bond donors (Lipinski definition) is 1. The molecule has 0 aliphatic carbocycles. The normalized spacial score (nSPS) is 11.2. The van der Waals surface area contributed by atoms with Crippen LogP contribution in [0.25, 0.3) is 17.0 Å². The van der Waals surface area contributed by atoms with E-state index in [9.17, 15) is 10.1 Å². The Balaban J connectivity index is 2.24. The lowest BCUT2D eigenvalue weighted by atomic mass is 10.1. The van der Waals surface area contributed by atoms with E-state index in [0.717, 1.165) is 41.3 Å². The molecule has 19 heavy (non-hydrogen) atoms. The molecule has 1 heterocycles. The summed E-state index contributed by atoms with van der Waals surface area (Å²) >= 11 is 0. The van der Waals surface area contributed by atoms with Crippen molar-refractivity contribution >= 4 is 17.0 Å². The van der Waals surface area contributed by atoms with E-state index in [2.05, 4.69) is 11.9 Å². The average molecular weight is 260 g/mol. The van der Waals surface area contributed by atoms with Crippen LogP contribution < -0.4 is 4.74 Å². The maximum Gasteiger partial charge on any atom is 0.235 e. The van der Waals surface area contributed by atoms with Gasteiger partial charge in [-0.1, -0.05) is 13.3 Å². The van der Waals surface area contributed by atoms with Gasteiger partial charge in [0.15, 0.2) is 0 Å². The van der Waals surface area contributed by atoms with Gasteiger partial charge in [0.25, 0.3) is 0 Å². The number of fused-ring (bicyclic) bond motifs is 1. The number of nitrogens with zero attached hydrogens (tertiary/aromatic N) is 1. The molecule has 0 saturated heterocycles. The highest BCUT2D eigenvalue weighted by atomic mass is 16.6. The van der Waals surface area contributed by atoms with Crippen molar-refractivity contribution in [3.8, 4) is 5.75 Å². The van der Waals surface area contributed by atoms with Crippen LogP contribution in [0.4, 0.5) is 0 Å². The van der Waals surface area contributed by atoms with Gasteiger partial charge in [-0.25, -0.2) is 0 Å². The molecule has 2 rings (SSSR count). The molecule has 0 atom stereocenters. The SMILES string of the molecule is CCCCOc1ccc2[nH]cc(/C=C/[N+](=O)[O-])c2c1. The van der Waals surface area contributed by atoms with Crippen molar-refractivity contribution in [3.63, 3.8) is 0 Å². The zero-order valence-corrected chi connectivity index (χ0v) is 10.8. The van der Waals surface area contributed by atoms with Gasteiger partial charge in [-0.3, -0.25) is 10.1 Å². The van der Waals surface area contributed by atoms with E-state index in [0.29, 0.717) is 6.61 Å². The summed E-state index contributed by atoms with van der Waals surface area (Å²) in [6.07, 6.45) is 6.27. The molecule has 0 fully saturated rings. The maximum absolute atomic E-state index is 10.4. The molecule has 0 radical (unpaired) electrons. The maximum atomic E-state index is 10.4. The first-order chi connectivity index (χ1) is 9.20. The molecule has 0 amide bonds. The lowest BCUT2D eigenvalue weighted by Crippen LogP contribution is -1.95. The van der Waals surface area contributed by atoms with Crippen molar-refractivity contribution in [2.24, 2.45) is 0 Å². The molecule has 1 aromatic carbocycles. The van der Waals surface area contributed by atoms with Crippen LogP contribution in [-0.4, -0.2) is 16.5 Å². The number of nitrogens with one attached hydrogen (secondary N) is 1. The largest absolute Gasteiger partial charge is 0.494 e. The summed E-state index contributed by atoms with van der Waals surface area (Å²) in [7, 11) is 0. The van der Waals surface area contributed by atoms with Gasteiger partial charge < -0.3 is 9.72 Å². The molecule has 0 bridgehead atoms. The van der Waals surface area contributed by atoms with Crippen LogP contribution in [0.3, 0.4) is 0 Å². The minimum absolute atomic E-state index is 0.472. The second-order valence-corrected chi connectivity index (χ2v) is 4.25. The fourth-order valence-electron chi connectivity index (χ4n) is 1.82. The van der Waals surface area contributed by atoms with E-state index in [1.807, 2.05) is 18.2 Å². The Morgan fingerprint density at radius 2 is 2.32 bits per heavy atom. The zero-order chi connectivity index (χ0) is 13.7. The number of aromatic amines is 1. The van der Waals surface area contributed by atoms with Crippen molar-refractivity contribution < 1.29 is 9.66 Å². The lowest BCUT2D eigenvalue weighted by molar-refractivity contribution is -0.400. The first-order valence-corrected chi connectivity index (χ1v) is 6.26. The van der Waals surface area contributed by atoms with Crippen LogP contribution >= 0.6 is 0 Å². The molecule has 5 nitrogen and oxygen atoms in total. The number of ether oxygens (including phenoxy) is 1. The standard InChI is InChI=1S/C14H16N2O3/c1-2-3-8-19-12-4-5-14-13(9-12)11(10-15-14)6-7-16(17)18/h4-7,9-10,15H,2-3,8H2,1H3/b7-6+. The number of aromatic nitrogens is 1. The highest BCUT2D eigenvalue weighted by Crippen LogP contribution is 2.24. The number of rotatable bonds is 6. The van der Waals surface area contributed by atoms with Crippen LogP contribution in [0.5, 0.6) is 5.75 Å². The van der Waals surface area contributed by atoms with Gasteiger partial charge in [0, 0.05) is 28.7 Å². The van der Waals surface area contributed by atoms with Gasteiger partial charge in [0.05, 0.1) is 11.5 Å². The quantitative estimate of drug-likeness (QED) is 0.490. The predicted octanol–water partition coefficient (Wildman–Crippen LogP) is 3.59. The molecule has 0 spiro atoms. The summed E-state index contributed by atoms with van der Waals surface area (Å²) in [5.41, 5.74) is 1.72. The Labute approximate surface area is 111 Å². The van der Waals surface area contributed by atoms with Crippen LogP contribution in [-0.2, 0) is 0 Å². The van der Waals surface area contributed by atoms with Crippen LogP contribution in [0.2, 0.25) is 0 Å². The third-order valence-corrected chi connectivity index (χ3v) is 2.83. The first-order valence-electron chi connectivity index (χ1n) is 6.26. The summed E-state index contributed by atoms with van der Waals surface area (Å²) in [5, 5.41) is 11.3. The van der Waals surface area contributed by atoms with Crippen molar-refractivity contribution in [2.45, 2.75) is 19.8 Å². The molecule has 1 aromatic heterocycles. The minimum Gasteiger partial charge on any atom is -0.494 e. The summed E-state index contributed by atoms with van der Waals surface area (Å²) < 4.78 is 5.63. The fourth-order valence-corrected chi connectivity index (χ4v) is 1.82. The fraction of sp³-hybridized carbons (Fsp3) is 0.286. The molecular formula is C14H16N2O3. The number of unbranched alkanes of at least 4 members (excludes halogenated alkanes) is 1. The van der Waals surface area contributed by atoms with Crippen LogP contribution in [0, 0.1) is 10.1 Å². The third kappa shape index (κ3) is 3.34. The van der Waals surface area contributed by atoms with Gasteiger partial charge in [-0.05, 0) is 24.6 Å². The molecule has 0 saturated carbocycles. The topological polar surface area (TPSA) is 68.2 Å². The molecule has 2 aromatic rings. The number of benzene rings is 1. The Bertz CT molecular complexity index is 602. The highest BCUT2D eigenvalue weighted by Gasteiger charge is 2.04. The smallest absolute Gasteiger partial charge is 0.235 e. The van der Waals surface area contributed by atoms with Crippen molar-refractivity contribution in [1.29, 1.82) is 0 Å². The van der Waals surface area contributed by atoms with Gasteiger partial charge in [0.1, 0.15) is 5.75 Å². The second-order valence-electron chi connectivity index (χ2n) is 4.25. The summed E-state index contributed by atoms with van der Waals surface area (Å²) in [6, 6.07) is 5.72. The molecule has 0 aliphatic rings. The predicted molar refractivity (Wildman–Crippen MR) is 74.7 cm³/mol. The van der Waals surface area contributed by atoms with Crippen molar-refractivity contribution in [3.05, 3.63) is 46.3 Å². The Morgan fingerprint density at radius 1 is 1.47 bits per heavy atom. The third-order valence-electron chi connectivity index (χ3n) is 2.83. The van der Waals surface area contributed by atoms with E-state index in [1.54, 1.807) is 6.20 Å². The van der Waals surface area contributed by atoms with E-state index >= 15 is 0 Å². The summed E-state index contributed by atoms with van der Waals surface area (Å²) in [6.45, 7) is 2.80. The minimum atomic E-state index is -0.472. The Kier molecular flexibility index (Phi) is 4.18. The molecule has 5 heteroatoms. The first kappa shape index (κ1) is 13.1. The molecule has 1 N–H and O–H groups in total. The van der Waals surface area contributed by atoms with Gasteiger partial charge in [-0.15, -0.1) is 0 Å². The monoisotopic (exact) mass is 260 g/mol. The number of nitro groups is 1. The molecular weight excluding hydrogens is 244 g/mol. The zero-order valence-electron chi connectivity index (χ0n) is 10.8. The molecule has 0 unspecified atom stereocenters. The summed E-state index contributed by atoms with van der Waals surface area (Å²) in [5.74, 6) is 0.788. The highest BCUT2D eigenvalue weighted by molar-refractivity contribution is 5.89. The van der Waals surface area contributed by atoms with E-state index < -0.39 is 4.92 Å². The Hall–Kier alpha value is -2.30. The number of H-pyrrole nitrogens is 1. The summed E-state index contributed by atoms with van der Waals surface area (Å²) in [4.78, 5) is 13.0. The van der Waals surface area contributed by atoms with Crippen molar-refractivity contribution in [1.82, 2.24) is 4.98 Å². The van der Waals surface area contributed by atoms with E-state index in [4.69, 9.17) is 4.74 Å². The van der Waals surface area contributed by atoms with Gasteiger partial charge >= 0.3 is 0 Å². The Morgan fingerprint density at radius 3 is 3.05 bits per heavy atom. The molecule has 0 aliphatic heterocycles. The van der Waals surface area contributed by atoms with E-state index in [1.165, 1.54) is 6.08 Å². The van der Waals surface area contributed by atoms with Gasteiger partial charge in [0.2, 0.25) is 6.20 Å². The molecule has 100 valence electrons. The van der Waals surface area contributed by atoms with Crippen molar-refractivity contribution in [2.75, 3.05) is 6.61 Å². The second kappa shape index (κ2) is 6.04. The average Bonchev–Trinajstić information content (AvgIpc) is 2.79. The van der Waals surface area contributed by atoms with Gasteiger partial charge in [-0.2, -0.15) is 0 Å². The van der Waals surface area contributed by atoms with Crippen LogP contribution in [0.15, 0.2) is 30.6 Å². The number of hydrogen-bond acceptors (Lipinski definition) is 3.